The van der Waals surface area contributed by atoms with Gasteiger partial charge in [-0.3, -0.25) is 0 Å². The van der Waals surface area contributed by atoms with Crippen molar-refractivity contribution in [1.82, 2.24) is 0 Å². The fraction of sp³-hybridized carbons (Fsp3) is 0.500. The fourth-order valence-electron chi connectivity index (χ4n) is 1.55. The fourth-order valence-corrected chi connectivity index (χ4v) is 2.10. The van der Waals surface area contributed by atoms with Crippen LogP contribution in [0.3, 0.4) is 0 Å². The Balaban J connectivity index is 0.00000289. The van der Waals surface area contributed by atoms with Crippen LogP contribution in [0.25, 0.3) is 0 Å². The van der Waals surface area contributed by atoms with Crippen molar-refractivity contribution in [1.29, 1.82) is 0 Å². The Morgan fingerprint density at radius 2 is 1.61 bits per heavy atom. The number of benzene rings is 1. The van der Waals surface area contributed by atoms with Gasteiger partial charge in [-0.25, -0.2) is 8.42 Å². The van der Waals surface area contributed by atoms with E-state index < -0.39 is 10.1 Å². The van der Waals surface area contributed by atoms with Gasteiger partial charge in [0.1, 0.15) is 0 Å². The zero-order valence-electron chi connectivity index (χ0n) is 10.8. The predicted octanol–water partition coefficient (Wildman–Crippen LogP) is -0.792. The Morgan fingerprint density at radius 3 is 2.22 bits per heavy atom. The standard InChI is InChI=1S/C12H19NO3S.Na/c14-17(15,16)11-7-2-1-6-10-13-12-8-4-3-5-9-12;/h3-5,8-9,13H,1-2,6-7,10-11H2,(H,14,15,16);/q;+1/p-1. The monoisotopic (exact) mass is 279 g/mol. The van der Waals surface area contributed by atoms with E-state index >= 15 is 0 Å². The quantitative estimate of drug-likeness (QED) is 0.384. The van der Waals surface area contributed by atoms with E-state index in [-0.39, 0.29) is 35.3 Å². The molecule has 0 fully saturated rings. The molecule has 0 amide bonds. The Labute approximate surface area is 131 Å². The van der Waals surface area contributed by atoms with E-state index in [1.54, 1.807) is 0 Å². The van der Waals surface area contributed by atoms with Crippen molar-refractivity contribution in [3.63, 3.8) is 0 Å². The van der Waals surface area contributed by atoms with Crippen molar-refractivity contribution < 1.29 is 42.5 Å². The molecule has 0 radical (unpaired) electrons. The van der Waals surface area contributed by atoms with Crippen LogP contribution in [0.5, 0.6) is 0 Å². The SMILES string of the molecule is O=S(=O)([O-])CCCCCCNc1ccccc1.[Na+]. The van der Waals surface area contributed by atoms with Gasteiger partial charge in [0.05, 0.1) is 10.1 Å². The maximum absolute atomic E-state index is 10.3. The van der Waals surface area contributed by atoms with Crippen molar-refractivity contribution in [2.75, 3.05) is 17.6 Å². The molecule has 0 aromatic heterocycles. The summed E-state index contributed by atoms with van der Waals surface area (Å²) in [5.41, 5.74) is 1.09. The molecule has 0 unspecified atom stereocenters. The number of nitrogens with one attached hydrogen (secondary N) is 1. The third kappa shape index (κ3) is 9.91. The minimum absolute atomic E-state index is 0. The Bertz CT molecular complexity index is 409. The molecule has 4 nitrogen and oxygen atoms in total. The second-order valence-corrected chi connectivity index (χ2v) is 5.49. The van der Waals surface area contributed by atoms with Crippen LogP contribution in [-0.4, -0.2) is 25.3 Å². The van der Waals surface area contributed by atoms with Crippen LogP contribution < -0.4 is 34.9 Å². The number of hydrogen-bond donors (Lipinski definition) is 1. The second kappa shape index (κ2) is 9.81. The van der Waals surface area contributed by atoms with E-state index in [4.69, 9.17) is 0 Å². The van der Waals surface area contributed by atoms with Gasteiger partial charge in [-0.1, -0.05) is 31.0 Å². The Hall–Kier alpha value is -0.0700. The van der Waals surface area contributed by atoms with Gasteiger partial charge in [0.2, 0.25) is 0 Å². The molecular weight excluding hydrogens is 261 g/mol. The van der Waals surface area contributed by atoms with Crippen molar-refractivity contribution in [3.8, 4) is 0 Å². The molecule has 1 N–H and O–H groups in total. The van der Waals surface area contributed by atoms with Gasteiger partial charge in [-0.05, 0) is 25.0 Å². The first-order valence-corrected chi connectivity index (χ1v) is 7.38. The first-order chi connectivity index (χ1) is 8.08. The van der Waals surface area contributed by atoms with Crippen LogP contribution in [0.2, 0.25) is 0 Å². The molecule has 0 spiro atoms. The molecule has 0 saturated heterocycles. The zero-order chi connectivity index (χ0) is 12.6. The molecule has 96 valence electrons. The molecular formula is C12H18NNaO3S. The van der Waals surface area contributed by atoms with E-state index in [1.165, 1.54) is 0 Å². The van der Waals surface area contributed by atoms with E-state index in [2.05, 4.69) is 5.32 Å². The minimum Gasteiger partial charge on any atom is -0.748 e. The number of anilines is 1. The van der Waals surface area contributed by atoms with E-state index in [0.717, 1.165) is 31.5 Å². The maximum atomic E-state index is 10.3. The summed E-state index contributed by atoms with van der Waals surface area (Å²) in [6.07, 6.45) is 3.18. The minimum atomic E-state index is -4.03. The van der Waals surface area contributed by atoms with E-state index in [9.17, 15) is 13.0 Å². The topological polar surface area (TPSA) is 69.2 Å². The van der Waals surface area contributed by atoms with Gasteiger partial charge in [0.25, 0.3) is 0 Å². The summed E-state index contributed by atoms with van der Waals surface area (Å²) >= 11 is 0. The molecule has 1 rings (SSSR count). The zero-order valence-corrected chi connectivity index (χ0v) is 13.6. The molecule has 18 heavy (non-hydrogen) atoms. The van der Waals surface area contributed by atoms with E-state index in [1.807, 2.05) is 30.3 Å². The summed E-state index contributed by atoms with van der Waals surface area (Å²) < 4.78 is 31.0. The van der Waals surface area contributed by atoms with Crippen molar-refractivity contribution >= 4 is 15.8 Å². The summed E-state index contributed by atoms with van der Waals surface area (Å²) in [7, 11) is -4.03. The molecule has 1 aromatic carbocycles. The van der Waals surface area contributed by atoms with Crippen LogP contribution in [0.4, 0.5) is 5.69 Å². The first-order valence-electron chi connectivity index (χ1n) is 5.80. The average molecular weight is 279 g/mol. The van der Waals surface area contributed by atoms with Gasteiger partial charge in [-0.2, -0.15) is 0 Å². The molecule has 0 aliphatic heterocycles. The van der Waals surface area contributed by atoms with Gasteiger partial charge in [0, 0.05) is 18.0 Å². The number of rotatable bonds is 8. The smallest absolute Gasteiger partial charge is 0.748 e. The molecule has 0 aliphatic carbocycles. The second-order valence-electron chi connectivity index (χ2n) is 3.97. The van der Waals surface area contributed by atoms with Crippen molar-refractivity contribution in [2.45, 2.75) is 25.7 Å². The van der Waals surface area contributed by atoms with Crippen LogP contribution in [0.1, 0.15) is 25.7 Å². The van der Waals surface area contributed by atoms with Crippen molar-refractivity contribution in [2.24, 2.45) is 0 Å². The molecule has 0 bridgehead atoms. The third-order valence-electron chi connectivity index (χ3n) is 2.42. The first kappa shape index (κ1) is 17.9. The van der Waals surface area contributed by atoms with Crippen LogP contribution >= 0.6 is 0 Å². The summed E-state index contributed by atoms with van der Waals surface area (Å²) in [5, 5.41) is 3.27. The number of unbranched alkanes of at least 4 members (excludes halogenated alkanes) is 3. The molecule has 1 aromatic rings. The normalized spacial score (nSPS) is 10.7. The molecule has 0 aliphatic rings. The number of para-hydroxylation sites is 1. The average Bonchev–Trinajstić information content (AvgIpc) is 2.28. The summed E-state index contributed by atoms with van der Waals surface area (Å²) in [6.45, 7) is 0.869. The maximum Gasteiger partial charge on any atom is 1.00 e. The summed E-state index contributed by atoms with van der Waals surface area (Å²) in [5.74, 6) is -0.237. The molecule has 0 heterocycles. The van der Waals surface area contributed by atoms with Gasteiger partial charge < -0.3 is 9.87 Å². The van der Waals surface area contributed by atoms with E-state index in [0.29, 0.717) is 6.42 Å². The van der Waals surface area contributed by atoms with Crippen LogP contribution in [-0.2, 0) is 10.1 Å². The molecule has 0 saturated carbocycles. The molecule has 0 atom stereocenters. The van der Waals surface area contributed by atoms with Gasteiger partial charge >= 0.3 is 29.6 Å². The largest absolute Gasteiger partial charge is 1.00 e. The van der Waals surface area contributed by atoms with Gasteiger partial charge in [0.15, 0.2) is 0 Å². The van der Waals surface area contributed by atoms with Gasteiger partial charge in [-0.15, -0.1) is 0 Å². The number of hydrogen-bond acceptors (Lipinski definition) is 4. The van der Waals surface area contributed by atoms with Crippen LogP contribution in [0.15, 0.2) is 30.3 Å². The summed E-state index contributed by atoms with van der Waals surface area (Å²) in [4.78, 5) is 0. The molecule has 6 heteroatoms. The Morgan fingerprint density at radius 1 is 1.00 bits per heavy atom. The summed E-state index contributed by atoms with van der Waals surface area (Å²) in [6, 6.07) is 9.92. The van der Waals surface area contributed by atoms with Crippen LogP contribution in [0, 0.1) is 0 Å². The predicted molar refractivity (Wildman–Crippen MR) is 68.0 cm³/mol. The Kier molecular flexibility index (Phi) is 9.77. The third-order valence-corrected chi connectivity index (χ3v) is 3.21. The van der Waals surface area contributed by atoms with Crippen molar-refractivity contribution in [3.05, 3.63) is 30.3 Å².